The van der Waals surface area contributed by atoms with Gasteiger partial charge in [0, 0.05) is 72.5 Å². The van der Waals surface area contributed by atoms with Crippen molar-refractivity contribution in [2.45, 2.75) is 45.4 Å². The molecule has 0 unspecified atom stereocenters. The summed E-state index contributed by atoms with van der Waals surface area (Å²) in [7, 11) is 0. The highest BCUT2D eigenvalue weighted by molar-refractivity contribution is 14.0. The minimum atomic E-state index is 0. The van der Waals surface area contributed by atoms with E-state index in [1.807, 2.05) is 0 Å². The highest BCUT2D eigenvalue weighted by Crippen LogP contribution is 2.15. The van der Waals surface area contributed by atoms with Gasteiger partial charge in [-0.3, -0.25) is 4.99 Å². The Labute approximate surface area is 194 Å². The number of nitrogens with one attached hydrogen (secondary N) is 2. The summed E-state index contributed by atoms with van der Waals surface area (Å²) in [5, 5.41) is 6.68. The Morgan fingerprint density at radius 2 is 1.41 bits per heavy atom. The number of hydrogen-bond acceptors (Lipinski definition) is 5. The van der Waals surface area contributed by atoms with Crippen molar-refractivity contribution < 1.29 is 18.9 Å². The molecule has 2 aliphatic rings. The van der Waals surface area contributed by atoms with Crippen LogP contribution in [-0.4, -0.2) is 78.4 Å². The smallest absolute Gasteiger partial charge is 0.191 e. The van der Waals surface area contributed by atoms with Crippen LogP contribution in [0.5, 0.6) is 0 Å². The second kappa shape index (κ2) is 18.6. The van der Waals surface area contributed by atoms with Gasteiger partial charge in [-0.25, -0.2) is 0 Å². The fourth-order valence-electron chi connectivity index (χ4n) is 3.41. The molecular formula is C21H42IN3O4. The van der Waals surface area contributed by atoms with Crippen LogP contribution < -0.4 is 10.6 Å². The molecule has 0 aliphatic carbocycles. The molecule has 2 rings (SSSR count). The average Bonchev–Trinajstić information content (AvgIpc) is 2.74. The van der Waals surface area contributed by atoms with Gasteiger partial charge >= 0.3 is 0 Å². The molecule has 0 atom stereocenters. The van der Waals surface area contributed by atoms with Gasteiger partial charge in [0.1, 0.15) is 0 Å². The number of guanidine groups is 1. The van der Waals surface area contributed by atoms with Crippen molar-refractivity contribution in [2.24, 2.45) is 16.8 Å². The van der Waals surface area contributed by atoms with Crippen molar-refractivity contribution in [3.63, 3.8) is 0 Å². The molecule has 0 aromatic carbocycles. The Kier molecular flexibility index (Phi) is 17.2. The number of aliphatic imine (C=N–C) groups is 1. The lowest BCUT2D eigenvalue weighted by Gasteiger charge is -2.21. The number of halogens is 1. The predicted octanol–water partition coefficient (Wildman–Crippen LogP) is 2.83. The maximum atomic E-state index is 5.81. The third-order valence-electron chi connectivity index (χ3n) is 5.21. The average molecular weight is 527 g/mol. The van der Waals surface area contributed by atoms with Crippen molar-refractivity contribution in [1.29, 1.82) is 0 Å². The molecule has 0 aromatic heterocycles. The van der Waals surface area contributed by atoms with Gasteiger partial charge < -0.3 is 29.6 Å². The van der Waals surface area contributed by atoms with Gasteiger partial charge in [-0.15, -0.1) is 24.0 Å². The van der Waals surface area contributed by atoms with Crippen molar-refractivity contribution >= 4 is 29.9 Å². The molecular weight excluding hydrogens is 485 g/mol. The number of hydrogen-bond donors (Lipinski definition) is 2. The monoisotopic (exact) mass is 527 g/mol. The molecule has 7 nitrogen and oxygen atoms in total. The Bertz CT molecular complexity index is 403. The molecule has 0 amide bonds. The summed E-state index contributed by atoms with van der Waals surface area (Å²) in [6.07, 6.45) is 6.47. The summed E-state index contributed by atoms with van der Waals surface area (Å²) in [6, 6.07) is 0. The molecule has 2 fully saturated rings. The molecule has 2 heterocycles. The van der Waals surface area contributed by atoms with Gasteiger partial charge in [0.2, 0.25) is 0 Å². The molecule has 8 heteroatoms. The normalized spacial score (nSPS) is 19.0. The summed E-state index contributed by atoms with van der Waals surface area (Å²) in [4.78, 5) is 4.63. The Hall–Kier alpha value is -0.160. The maximum Gasteiger partial charge on any atom is 0.191 e. The molecule has 0 saturated carbocycles. The fourth-order valence-corrected chi connectivity index (χ4v) is 3.41. The van der Waals surface area contributed by atoms with Gasteiger partial charge in [0.15, 0.2) is 5.96 Å². The quantitative estimate of drug-likeness (QED) is 0.166. The summed E-state index contributed by atoms with van der Waals surface area (Å²) in [5.74, 6) is 2.23. The van der Waals surface area contributed by atoms with Crippen LogP contribution in [0.4, 0.5) is 0 Å². The zero-order valence-electron chi connectivity index (χ0n) is 18.2. The number of rotatable bonds is 13. The third kappa shape index (κ3) is 13.7. The van der Waals surface area contributed by atoms with E-state index in [1.165, 1.54) is 0 Å². The van der Waals surface area contributed by atoms with Crippen LogP contribution in [0.25, 0.3) is 0 Å². The largest absolute Gasteiger partial charge is 0.381 e. The Balaban J connectivity index is 0.00000420. The third-order valence-corrected chi connectivity index (χ3v) is 5.21. The van der Waals surface area contributed by atoms with Crippen LogP contribution in [0.1, 0.15) is 45.4 Å². The topological polar surface area (TPSA) is 73.3 Å². The summed E-state index contributed by atoms with van der Waals surface area (Å²) in [6.45, 7) is 11.5. The lowest BCUT2D eigenvalue weighted by atomic mass is 10.0. The van der Waals surface area contributed by atoms with Gasteiger partial charge in [0.25, 0.3) is 0 Å². The van der Waals surface area contributed by atoms with E-state index in [0.717, 1.165) is 117 Å². The Morgan fingerprint density at radius 3 is 1.97 bits per heavy atom. The highest BCUT2D eigenvalue weighted by Gasteiger charge is 2.14. The second-order valence-corrected chi connectivity index (χ2v) is 7.66. The molecule has 0 radical (unpaired) electrons. The van der Waals surface area contributed by atoms with E-state index in [-0.39, 0.29) is 24.0 Å². The van der Waals surface area contributed by atoms with Crippen molar-refractivity contribution in [3.8, 4) is 0 Å². The molecule has 0 aromatic rings. The van der Waals surface area contributed by atoms with Crippen LogP contribution in [0, 0.1) is 11.8 Å². The van der Waals surface area contributed by atoms with E-state index in [2.05, 4.69) is 22.5 Å². The minimum Gasteiger partial charge on any atom is -0.381 e. The SMILES string of the molecule is CCNC(=NCCCOCC1CCOCC1)NCCCOCC1CCOCC1.I. The standard InChI is InChI=1S/C21H41N3O4.HI/c1-2-22-21(23-9-3-11-27-17-19-5-13-25-14-6-19)24-10-4-12-28-18-20-7-15-26-16-8-20;/h19-20H,2-18H2,1H3,(H2,22,23,24);1H. The molecule has 0 bridgehead atoms. The van der Waals surface area contributed by atoms with E-state index < -0.39 is 0 Å². The highest BCUT2D eigenvalue weighted by atomic mass is 127. The lowest BCUT2D eigenvalue weighted by molar-refractivity contribution is 0.0203. The van der Waals surface area contributed by atoms with Gasteiger partial charge in [0.05, 0.1) is 0 Å². The summed E-state index contributed by atoms with van der Waals surface area (Å²) >= 11 is 0. The van der Waals surface area contributed by atoms with Crippen LogP contribution in [0.15, 0.2) is 4.99 Å². The predicted molar refractivity (Wildman–Crippen MR) is 127 cm³/mol. The van der Waals surface area contributed by atoms with Crippen molar-refractivity contribution in [3.05, 3.63) is 0 Å². The number of ether oxygens (including phenoxy) is 4. The molecule has 29 heavy (non-hydrogen) atoms. The first-order valence-electron chi connectivity index (χ1n) is 11.2. The van der Waals surface area contributed by atoms with Crippen LogP contribution in [-0.2, 0) is 18.9 Å². The molecule has 2 saturated heterocycles. The van der Waals surface area contributed by atoms with E-state index in [1.54, 1.807) is 0 Å². The molecule has 0 spiro atoms. The first-order valence-corrected chi connectivity index (χ1v) is 11.2. The lowest BCUT2D eigenvalue weighted by Crippen LogP contribution is -2.38. The second-order valence-electron chi connectivity index (χ2n) is 7.66. The summed E-state index contributed by atoms with van der Waals surface area (Å²) in [5.41, 5.74) is 0. The zero-order chi connectivity index (χ0) is 19.7. The van der Waals surface area contributed by atoms with E-state index >= 15 is 0 Å². The van der Waals surface area contributed by atoms with Crippen LogP contribution in [0.2, 0.25) is 0 Å². The zero-order valence-corrected chi connectivity index (χ0v) is 20.5. The summed E-state index contributed by atoms with van der Waals surface area (Å²) < 4.78 is 22.4. The minimum absolute atomic E-state index is 0. The van der Waals surface area contributed by atoms with Crippen molar-refractivity contribution in [2.75, 3.05) is 72.5 Å². The maximum absolute atomic E-state index is 5.81. The Morgan fingerprint density at radius 1 is 0.862 bits per heavy atom. The van der Waals surface area contributed by atoms with Gasteiger partial charge in [-0.05, 0) is 57.3 Å². The van der Waals surface area contributed by atoms with E-state index in [9.17, 15) is 0 Å². The van der Waals surface area contributed by atoms with Gasteiger partial charge in [-0.2, -0.15) is 0 Å². The van der Waals surface area contributed by atoms with E-state index in [4.69, 9.17) is 18.9 Å². The van der Waals surface area contributed by atoms with Crippen LogP contribution in [0.3, 0.4) is 0 Å². The first-order chi connectivity index (χ1) is 13.9. The van der Waals surface area contributed by atoms with Crippen molar-refractivity contribution in [1.82, 2.24) is 10.6 Å². The number of nitrogens with zero attached hydrogens (tertiary/aromatic N) is 1. The van der Waals surface area contributed by atoms with Gasteiger partial charge in [-0.1, -0.05) is 0 Å². The van der Waals surface area contributed by atoms with E-state index in [0.29, 0.717) is 11.8 Å². The van der Waals surface area contributed by atoms with Crippen LogP contribution >= 0.6 is 24.0 Å². The molecule has 172 valence electrons. The molecule has 2 aliphatic heterocycles. The molecule has 2 N–H and O–H groups in total. The first kappa shape index (κ1) is 26.9. The fraction of sp³-hybridized carbons (Fsp3) is 0.952.